The molecule has 0 atom stereocenters. The summed E-state index contributed by atoms with van der Waals surface area (Å²) in [6, 6.07) is 13.3. The van der Waals surface area contributed by atoms with Crippen molar-refractivity contribution >= 4 is 40.3 Å². The number of aromatic nitrogens is 2. The summed E-state index contributed by atoms with van der Waals surface area (Å²) >= 11 is 12.4. The highest BCUT2D eigenvalue weighted by atomic mass is 35.5. The van der Waals surface area contributed by atoms with Crippen molar-refractivity contribution in [1.82, 2.24) is 19.8 Å². The molecule has 3 heterocycles. The van der Waals surface area contributed by atoms with Crippen LogP contribution in [-0.4, -0.2) is 59.7 Å². The highest BCUT2D eigenvalue weighted by molar-refractivity contribution is 6.43. The fraction of sp³-hybridized carbons (Fsp3) is 0.300. The number of carbonyl (C=O) groups is 1. The van der Waals surface area contributed by atoms with Crippen LogP contribution in [0.4, 0.5) is 5.69 Å². The van der Waals surface area contributed by atoms with Crippen LogP contribution >= 0.6 is 23.2 Å². The standard InChI is InChI=1S/C20H21Cl2N5O/c21-16-5-3-6-18(19(16)22)26-12-10-25(11-13-26)9-7-23-20(28)17-14-15-4-1-2-8-27(15)24-17/h1-6,8,14H,7,9-13H2,(H,23,28). The van der Waals surface area contributed by atoms with E-state index in [0.29, 0.717) is 22.3 Å². The molecular weight excluding hydrogens is 397 g/mol. The number of halogens is 2. The second-order valence-electron chi connectivity index (χ2n) is 6.76. The Morgan fingerprint density at radius 1 is 1.07 bits per heavy atom. The zero-order chi connectivity index (χ0) is 19.5. The number of rotatable bonds is 5. The van der Waals surface area contributed by atoms with Crippen LogP contribution in [0.5, 0.6) is 0 Å². The molecule has 1 aliphatic rings. The molecule has 1 N–H and O–H groups in total. The number of nitrogens with one attached hydrogen (secondary N) is 1. The van der Waals surface area contributed by atoms with Gasteiger partial charge in [-0.1, -0.05) is 35.3 Å². The Morgan fingerprint density at radius 3 is 2.68 bits per heavy atom. The largest absolute Gasteiger partial charge is 0.368 e. The maximum atomic E-state index is 12.3. The molecule has 8 heteroatoms. The first-order valence-electron chi connectivity index (χ1n) is 9.26. The van der Waals surface area contributed by atoms with Gasteiger partial charge in [-0.25, -0.2) is 4.52 Å². The minimum Gasteiger partial charge on any atom is -0.368 e. The molecule has 1 fully saturated rings. The maximum absolute atomic E-state index is 12.3. The number of pyridine rings is 1. The van der Waals surface area contributed by atoms with Gasteiger partial charge in [0.1, 0.15) is 0 Å². The van der Waals surface area contributed by atoms with Gasteiger partial charge < -0.3 is 10.2 Å². The third-order valence-electron chi connectivity index (χ3n) is 4.96. The van der Waals surface area contributed by atoms with Gasteiger partial charge in [-0.2, -0.15) is 5.10 Å². The van der Waals surface area contributed by atoms with E-state index in [1.54, 1.807) is 16.6 Å². The van der Waals surface area contributed by atoms with Gasteiger partial charge in [0.2, 0.25) is 0 Å². The van der Waals surface area contributed by atoms with Gasteiger partial charge in [-0.05, 0) is 30.3 Å². The van der Waals surface area contributed by atoms with E-state index in [4.69, 9.17) is 23.2 Å². The summed E-state index contributed by atoms with van der Waals surface area (Å²) in [4.78, 5) is 16.9. The molecule has 146 valence electrons. The first-order chi connectivity index (χ1) is 13.6. The van der Waals surface area contributed by atoms with Crippen LogP contribution in [0.25, 0.3) is 5.52 Å². The molecule has 0 saturated carbocycles. The topological polar surface area (TPSA) is 52.9 Å². The monoisotopic (exact) mass is 417 g/mol. The van der Waals surface area contributed by atoms with Crippen LogP contribution in [-0.2, 0) is 0 Å². The van der Waals surface area contributed by atoms with Gasteiger partial charge in [-0.15, -0.1) is 0 Å². The summed E-state index contributed by atoms with van der Waals surface area (Å²) in [7, 11) is 0. The Hall–Kier alpha value is -2.28. The second-order valence-corrected chi connectivity index (χ2v) is 7.54. The molecule has 4 rings (SSSR count). The number of anilines is 1. The summed E-state index contributed by atoms with van der Waals surface area (Å²) in [6.07, 6.45) is 1.83. The van der Waals surface area contributed by atoms with E-state index in [1.807, 2.05) is 36.5 Å². The molecule has 1 saturated heterocycles. The Labute approximate surface area is 173 Å². The minimum atomic E-state index is -0.145. The molecule has 1 amide bonds. The lowest BCUT2D eigenvalue weighted by atomic mass is 10.2. The first kappa shape index (κ1) is 19.1. The lowest BCUT2D eigenvalue weighted by Gasteiger charge is -2.36. The van der Waals surface area contributed by atoms with Crippen LogP contribution in [0.1, 0.15) is 10.5 Å². The number of fused-ring (bicyclic) bond motifs is 1. The van der Waals surface area contributed by atoms with Crippen molar-refractivity contribution < 1.29 is 4.79 Å². The number of carbonyl (C=O) groups excluding carboxylic acids is 1. The van der Waals surface area contributed by atoms with E-state index in [9.17, 15) is 4.79 Å². The van der Waals surface area contributed by atoms with E-state index >= 15 is 0 Å². The summed E-state index contributed by atoms with van der Waals surface area (Å²) in [6.45, 7) is 4.96. The molecule has 2 aromatic heterocycles. The number of hydrogen-bond acceptors (Lipinski definition) is 4. The molecule has 0 bridgehead atoms. The third-order valence-corrected chi connectivity index (χ3v) is 5.77. The highest BCUT2D eigenvalue weighted by Crippen LogP contribution is 2.32. The van der Waals surface area contributed by atoms with Crippen molar-refractivity contribution in [3.05, 3.63) is 64.4 Å². The van der Waals surface area contributed by atoms with Crippen LogP contribution < -0.4 is 10.2 Å². The zero-order valence-corrected chi connectivity index (χ0v) is 16.8. The molecule has 3 aromatic rings. The summed E-state index contributed by atoms with van der Waals surface area (Å²) in [5.41, 5.74) is 2.32. The fourth-order valence-electron chi connectivity index (χ4n) is 3.42. The van der Waals surface area contributed by atoms with E-state index in [-0.39, 0.29) is 5.91 Å². The van der Waals surface area contributed by atoms with Crippen molar-refractivity contribution in [2.75, 3.05) is 44.2 Å². The minimum absolute atomic E-state index is 0.145. The number of piperazine rings is 1. The lowest BCUT2D eigenvalue weighted by Crippen LogP contribution is -2.48. The molecule has 28 heavy (non-hydrogen) atoms. The van der Waals surface area contributed by atoms with E-state index in [2.05, 4.69) is 20.2 Å². The van der Waals surface area contributed by atoms with E-state index in [0.717, 1.165) is 43.9 Å². The third kappa shape index (κ3) is 4.09. The fourth-order valence-corrected chi connectivity index (χ4v) is 3.83. The second kappa shape index (κ2) is 8.39. The van der Waals surface area contributed by atoms with Gasteiger partial charge in [0.15, 0.2) is 5.69 Å². The molecule has 0 aliphatic carbocycles. The van der Waals surface area contributed by atoms with Gasteiger partial charge in [-0.3, -0.25) is 9.69 Å². The van der Waals surface area contributed by atoms with Gasteiger partial charge in [0, 0.05) is 45.5 Å². The average Bonchev–Trinajstić information content (AvgIpc) is 3.15. The molecule has 1 aliphatic heterocycles. The lowest BCUT2D eigenvalue weighted by molar-refractivity contribution is 0.0942. The Morgan fingerprint density at radius 2 is 1.89 bits per heavy atom. The van der Waals surface area contributed by atoms with Crippen LogP contribution in [0.15, 0.2) is 48.7 Å². The molecule has 6 nitrogen and oxygen atoms in total. The zero-order valence-electron chi connectivity index (χ0n) is 15.3. The molecule has 1 aromatic carbocycles. The summed E-state index contributed by atoms with van der Waals surface area (Å²) < 4.78 is 1.70. The average molecular weight is 418 g/mol. The van der Waals surface area contributed by atoms with Crippen molar-refractivity contribution in [2.45, 2.75) is 0 Å². The van der Waals surface area contributed by atoms with Gasteiger partial charge >= 0.3 is 0 Å². The number of nitrogens with zero attached hydrogens (tertiary/aromatic N) is 4. The molecule has 0 spiro atoms. The van der Waals surface area contributed by atoms with Crippen molar-refractivity contribution in [3.8, 4) is 0 Å². The molecule has 0 radical (unpaired) electrons. The first-order valence-corrected chi connectivity index (χ1v) is 10.0. The van der Waals surface area contributed by atoms with Crippen molar-refractivity contribution in [1.29, 1.82) is 0 Å². The van der Waals surface area contributed by atoms with Gasteiger partial charge in [0.25, 0.3) is 5.91 Å². The number of benzene rings is 1. The van der Waals surface area contributed by atoms with Gasteiger partial charge in [0.05, 0.1) is 21.2 Å². The van der Waals surface area contributed by atoms with E-state index < -0.39 is 0 Å². The number of amides is 1. The molecular formula is C20H21Cl2N5O. The maximum Gasteiger partial charge on any atom is 0.271 e. The van der Waals surface area contributed by atoms with E-state index in [1.165, 1.54) is 0 Å². The predicted molar refractivity (Wildman–Crippen MR) is 113 cm³/mol. The Bertz CT molecular complexity index is 949. The Balaban J connectivity index is 1.25. The predicted octanol–water partition coefficient (Wildman–Crippen LogP) is 3.19. The highest BCUT2D eigenvalue weighted by Gasteiger charge is 2.20. The quantitative estimate of drug-likeness (QED) is 0.692. The number of hydrogen-bond donors (Lipinski definition) is 1. The normalized spacial score (nSPS) is 15.1. The summed E-state index contributed by atoms with van der Waals surface area (Å²) in [5.74, 6) is -0.145. The summed E-state index contributed by atoms with van der Waals surface area (Å²) in [5, 5.41) is 8.44. The smallest absolute Gasteiger partial charge is 0.271 e. The van der Waals surface area contributed by atoms with Crippen LogP contribution in [0.2, 0.25) is 10.0 Å². The van der Waals surface area contributed by atoms with Crippen molar-refractivity contribution in [2.24, 2.45) is 0 Å². The SMILES string of the molecule is O=C(NCCN1CCN(c2cccc(Cl)c2Cl)CC1)c1cc2ccccn2n1. The Kier molecular flexibility index (Phi) is 5.71. The van der Waals surface area contributed by atoms with Crippen molar-refractivity contribution in [3.63, 3.8) is 0 Å². The van der Waals surface area contributed by atoms with Crippen LogP contribution in [0, 0.1) is 0 Å². The van der Waals surface area contributed by atoms with Crippen LogP contribution in [0.3, 0.4) is 0 Å². The molecule has 0 unspecified atom stereocenters.